The van der Waals surface area contributed by atoms with E-state index in [1.54, 1.807) is 0 Å². The largest absolute Gasteiger partial charge is 0.449 e. The van der Waals surface area contributed by atoms with E-state index in [1.807, 2.05) is 54.6 Å². The van der Waals surface area contributed by atoms with E-state index in [0.717, 1.165) is 16.3 Å². The highest BCUT2D eigenvalue weighted by Gasteiger charge is 2.29. The summed E-state index contributed by atoms with van der Waals surface area (Å²) in [6.07, 6.45) is -0.0545. The zero-order chi connectivity index (χ0) is 21.9. The molecule has 1 atom stereocenters. The lowest BCUT2D eigenvalue weighted by Gasteiger charge is -2.20. The number of amides is 1. The van der Waals surface area contributed by atoms with E-state index in [0.29, 0.717) is 6.42 Å². The maximum absolute atomic E-state index is 12.7. The highest BCUT2D eigenvalue weighted by Crippen LogP contribution is 2.44. The van der Waals surface area contributed by atoms with E-state index < -0.39 is 6.09 Å². The van der Waals surface area contributed by atoms with Crippen molar-refractivity contribution in [3.63, 3.8) is 0 Å². The van der Waals surface area contributed by atoms with Crippen molar-refractivity contribution in [1.29, 1.82) is 0 Å². The van der Waals surface area contributed by atoms with Gasteiger partial charge in [0.25, 0.3) is 0 Å². The van der Waals surface area contributed by atoms with Gasteiger partial charge in [-0.25, -0.2) is 4.79 Å². The molecule has 0 bridgehead atoms. The summed E-state index contributed by atoms with van der Waals surface area (Å²) in [5.74, 6) is 0.0186. The zero-order valence-electron chi connectivity index (χ0n) is 17.7. The first-order valence-corrected chi connectivity index (χ1v) is 11.0. The minimum atomic E-state index is -0.474. The van der Waals surface area contributed by atoms with Crippen molar-refractivity contribution in [2.75, 3.05) is 13.2 Å². The lowest BCUT2D eigenvalue weighted by atomic mass is 9.98. The first-order valence-electron chi connectivity index (χ1n) is 11.0. The molecule has 32 heavy (non-hydrogen) atoms. The summed E-state index contributed by atoms with van der Waals surface area (Å²) in [5.41, 5.74) is 5.72. The van der Waals surface area contributed by atoms with Crippen LogP contribution in [-0.2, 0) is 4.74 Å². The fourth-order valence-electron chi connectivity index (χ4n) is 4.66. The van der Waals surface area contributed by atoms with Gasteiger partial charge < -0.3 is 15.2 Å². The highest BCUT2D eigenvalue weighted by atomic mass is 16.5. The molecule has 0 fully saturated rings. The van der Waals surface area contributed by atoms with Crippen LogP contribution in [0.3, 0.4) is 0 Å². The smallest absolute Gasteiger partial charge is 0.407 e. The van der Waals surface area contributed by atoms with Crippen molar-refractivity contribution in [2.24, 2.45) is 0 Å². The molecule has 0 aromatic heterocycles. The highest BCUT2D eigenvalue weighted by molar-refractivity contribution is 5.83. The zero-order valence-corrected chi connectivity index (χ0v) is 17.7. The molecule has 4 aromatic carbocycles. The van der Waals surface area contributed by atoms with Crippen molar-refractivity contribution >= 4 is 16.9 Å². The average molecular weight is 424 g/mol. The second-order valence-corrected chi connectivity index (χ2v) is 8.14. The van der Waals surface area contributed by atoms with Crippen LogP contribution in [0.4, 0.5) is 4.79 Å². The minimum Gasteiger partial charge on any atom is -0.449 e. The Kier molecular flexibility index (Phi) is 5.61. The van der Waals surface area contributed by atoms with Crippen LogP contribution in [0.1, 0.15) is 35.1 Å². The molecule has 0 saturated carbocycles. The summed E-state index contributed by atoms with van der Waals surface area (Å²) < 4.78 is 5.69. The fourth-order valence-corrected chi connectivity index (χ4v) is 4.66. The molecule has 1 amide bonds. The average Bonchev–Trinajstić information content (AvgIpc) is 3.16. The standard InChI is InChI=1S/C28H25NO3/c30-16-15-27(21-14-13-19-7-1-2-8-20(19)17-21)29-28(31)32-18-26-24-11-5-3-9-22(24)23-10-4-6-12-25(23)26/h1-14,17,26-27,30H,15-16,18H2,(H,29,31). The number of carbonyl (C=O) groups is 1. The van der Waals surface area contributed by atoms with Gasteiger partial charge in [-0.05, 0) is 51.1 Å². The van der Waals surface area contributed by atoms with Crippen molar-refractivity contribution in [1.82, 2.24) is 5.32 Å². The normalized spacial score (nSPS) is 13.4. The molecule has 4 nitrogen and oxygen atoms in total. The third kappa shape index (κ3) is 3.85. The van der Waals surface area contributed by atoms with E-state index in [1.165, 1.54) is 22.3 Å². The molecule has 0 aliphatic heterocycles. The predicted molar refractivity (Wildman–Crippen MR) is 127 cm³/mol. The summed E-state index contributed by atoms with van der Waals surface area (Å²) in [5, 5.41) is 14.7. The number of fused-ring (bicyclic) bond motifs is 4. The molecular weight excluding hydrogens is 398 g/mol. The number of hydrogen-bond acceptors (Lipinski definition) is 3. The molecule has 0 heterocycles. The van der Waals surface area contributed by atoms with Crippen LogP contribution in [0.5, 0.6) is 0 Å². The Morgan fingerprint density at radius 3 is 2.16 bits per heavy atom. The summed E-state index contributed by atoms with van der Waals surface area (Å²) in [7, 11) is 0. The summed E-state index contributed by atoms with van der Waals surface area (Å²) in [6.45, 7) is 0.241. The fraction of sp³-hybridized carbons (Fsp3) is 0.179. The van der Waals surface area contributed by atoms with Gasteiger partial charge in [-0.2, -0.15) is 0 Å². The molecule has 1 aliphatic carbocycles. The Balaban J connectivity index is 1.31. The van der Waals surface area contributed by atoms with E-state index in [2.05, 4.69) is 41.7 Å². The minimum absolute atomic E-state index is 0.0186. The first-order chi connectivity index (χ1) is 15.7. The lowest BCUT2D eigenvalue weighted by Crippen LogP contribution is -2.31. The van der Waals surface area contributed by atoms with Crippen LogP contribution < -0.4 is 5.32 Å². The summed E-state index contributed by atoms with van der Waals surface area (Å²) in [4.78, 5) is 12.7. The van der Waals surface area contributed by atoms with Crippen LogP contribution in [0.25, 0.3) is 21.9 Å². The van der Waals surface area contributed by atoms with Gasteiger partial charge in [0, 0.05) is 12.5 Å². The van der Waals surface area contributed by atoms with Gasteiger partial charge in [-0.1, -0.05) is 84.9 Å². The molecule has 160 valence electrons. The van der Waals surface area contributed by atoms with E-state index in [9.17, 15) is 9.90 Å². The summed E-state index contributed by atoms with van der Waals surface area (Å²) in [6, 6.07) is 30.4. The maximum atomic E-state index is 12.7. The van der Waals surface area contributed by atoms with Gasteiger partial charge in [0.2, 0.25) is 0 Å². The molecular formula is C28H25NO3. The number of nitrogens with one attached hydrogen (secondary N) is 1. The van der Waals surface area contributed by atoms with Crippen LogP contribution in [-0.4, -0.2) is 24.4 Å². The van der Waals surface area contributed by atoms with Gasteiger partial charge in [0.1, 0.15) is 6.61 Å². The van der Waals surface area contributed by atoms with E-state index in [4.69, 9.17) is 4.74 Å². The Morgan fingerprint density at radius 2 is 1.47 bits per heavy atom. The molecule has 4 aromatic rings. The quantitative estimate of drug-likeness (QED) is 0.412. The number of alkyl carbamates (subject to hydrolysis) is 1. The maximum Gasteiger partial charge on any atom is 0.407 e. The Labute approximate surface area is 187 Å². The Hall–Kier alpha value is -3.63. The van der Waals surface area contributed by atoms with Gasteiger partial charge in [0.05, 0.1) is 6.04 Å². The lowest BCUT2D eigenvalue weighted by molar-refractivity contribution is 0.136. The van der Waals surface area contributed by atoms with Crippen molar-refractivity contribution in [2.45, 2.75) is 18.4 Å². The molecule has 5 rings (SSSR count). The Morgan fingerprint density at radius 1 is 0.844 bits per heavy atom. The third-order valence-corrected chi connectivity index (χ3v) is 6.23. The topological polar surface area (TPSA) is 58.6 Å². The van der Waals surface area contributed by atoms with Crippen molar-refractivity contribution < 1.29 is 14.6 Å². The molecule has 0 saturated heterocycles. The predicted octanol–water partition coefficient (Wildman–Crippen LogP) is 5.80. The molecule has 0 spiro atoms. The molecule has 1 aliphatic rings. The number of carbonyl (C=O) groups excluding carboxylic acids is 1. The molecule has 2 N–H and O–H groups in total. The van der Waals surface area contributed by atoms with E-state index in [-0.39, 0.29) is 25.2 Å². The molecule has 0 radical (unpaired) electrons. The monoisotopic (exact) mass is 423 g/mol. The van der Waals surface area contributed by atoms with Gasteiger partial charge in [-0.3, -0.25) is 0 Å². The first kappa shape index (κ1) is 20.3. The number of ether oxygens (including phenoxy) is 1. The van der Waals surface area contributed by atoms with Crippen molar-refractivity contribution in [3.8, 4) is 11.1 Å². The molecule has 4 heteroatoms. The van der Waals surface area contributed by atoms with Crippen LogP contribution in [0, 0.1) is 0 Å². The number of aliphatic hydroxyl groups is 1. The SMILES string of the molecule is O=C(NC(CCO)c1ccc2ccccc2c1)OCC1c2ccccc2-c2ccccc21. The van der Waals surface area contributed by atoms with Gasteiger partial charge in [0.15, 0.2) is 0 Å². The number of hydrogen-bond donors (Lipinski definition) is 2. The van der Waals surface area contributed by atoms with Crippen LogP contribution in [0.2, 0.25) is 0 Å². The number of rotatable bonds is 6. The Bertz CT molecular complexity index is 1220. The van der Waals surface area contributed by atoms with Gasteiger partial charge in [-0.15, -0.1) is 0 Å². The second-order valence-electron chi connectivity index (χ2n) is 8.14. The van der Waals surface area contributed by atoms with Crippen molar-refractivity contribution in [3.05, 3.63) is 108 Å². The van der Waals surface area contributed by atoms with Gasteiger partial charge >= 0.3 is 6.09 Å². The third-order valence-electron chi connectivity index (χ3n) is 6.23. The number of aliphatic hydroxyl groups excluding tert-OH is 1. The van der Waals surface area contributed by atoms with Crippen LogP contribution in [0.15, 0.2) is 91.0 Å². The second kappa shape index (κ2) is 8.85. The molecule has 1 unspecified atom stereocenters. The number of benzene rings is 4. The van der Waals surface area contributed by atoms with Crippen LogP contribution >= 0.6 is 0 Å². The summed E-state index contributed by atoms with van der Waals surface area (Å²) >= 11 is 0. The van der Waals surface area contributed by atoms with E-state index >= 15 is 0 Å².